The molecule has 1 aromatic heterocycles. The van der Waals surface area contributed by atoms with Crippen molar-refractivity contribution in [2.45, 2.75) is 13.5 Å². The summed E-state index contributed by atoms with van der Waals surface area (Å²) in [6.45, 7) is 2.32. The van der Waals surface area contributed by atoms with Gasteiger partial charge in [-0.25, -0.2) is 0 Å². The summed E-state index contributed by atoms with van der Waals surface area (Å²) in [7, 11) is 1.75. The van der Waals surface area contributed by atoms with Crippen molar-refractivity contribution < 1.29 is 9.90 Å². The summed E-state index contributed by atoms with van der Waals surface area (Å²) in [5.74, 6) is 0.102. The maximum Gasteiger partial charge on any atom is 0.254 e. The molecule has 0 aliphatic rings. The lowest BCUT2D eigenvalue weighted by Gasteiger charge is -2.18. The minimum Gasteiger partial charge on any atom is -0.508 e. The van der Waals surface area contributed by atoms with Gasteiger partial charge in [0, 0.05) is 31.5 Å². The molecule has 1 heterocycles. The first-order chi connectivity index (χ1) is 9.08. The standard InChI is InChI=1S/C15H16N2O2/c1-11-8-13(18)5-6-14(11)15(19)17(2)10-12-4-3-7-16-9-12/h3-9,18H,10H2,1-2H3. The Morgan fingerprint density at radius 2 is 2.16 bits per heavy atom. The van der Waals surface area contributed by atoms with E-state index in [-0.39, 0.29) is 11.7 Å². The number of benzene rings is 1. The topological polar surface area (TPSA) is 53.4 Å². The maximum absolute atomic E-state index is 12.3. The number of phenols is 1. The quantitative estimate of drug-likeness (QED) is 0.917. The number of rotatable bonds is 3. The molecule has 0 aliphatic heterocycles. The summed E-state index contributed by atoms with van der Waals surface area (Å²) in [6.07, 6.45) is 3.45. The molecule has 0 spiro atoms. The molecule has 4 heteroatoms. The smallest absolute Gasteiger partial charge is 0.254 e. The van der Waals surface area contributed by atoms with Gasteiger partial charge in [-0.1, -0.05) is 6.07 Å². The highest BCUT2D eigenvalue weighted by Gasteiger charge is 2.14. The number of aryl methyl sites for hydroxylation is 1. The summed E-state index contributed by atoms with van der Waals surface area (Å²) in [4.78, 5) is 18.0. The number of carbonyl (C=O) groups is 1. The molecular formula is C15H16N2O2. The lowest BCUT2D eigenvalue weighted by molar-refractivity contribution is 0.0784. The number of hydrogen-bond donors (Lipinski definition) is 1. The van der Waals surface area contributed by atoms with Crippen LogP contribution in [0.25, 0.3) is 0 Å². The van der Waals surface area contributed by atoms with Crippen molar-refractivity contribution in [2.75, 3.05) is 7.05 Å². The van der Waals surface area contributed by atoms with Gasteiger partial charge in [0.05, 0.1) is 0 Å². The van der Waals surface area contributed by atoms with Gasteiger partial charge in [0.15, 0.2) is 0 Å². The molecule has 0 unspecified atom stereocenters. The van der Waals surface area contributed by atoms with E-state index in [2.05, 4.69) is 4.98 Å². The normalized spacial score (nSPS) is 10.2. The zero-order valence-corrected chi connectivity index (χ0v) is 11.0. The molecule has 0 saturated carbocycles. The number of pyridine rings is 1. The van der Waals surface area contributed by atoms with Crippen molar-refractivity contribution in [2.24, 2.45) is 0 Å². The van der Waals surface area contributed by atoms with Gasteiger partial charge in [0.1, 0.15) is 5.75 Å². The molecular weight excluding hydrogens is 240 g/mol. The van der Waals surface area contributed by atoms with Gasteiger partial charge in [0.2, 0.25) is 0 Å². The van der Waals surface area contributed by atoms with Crippen molar-refractivity contribution in [3.8, 4) is 5.75 Å². The number of amides is 1. The Bertz CT molecular complexity index is 582. The highest BCUT2D eigenvalue weighted by atomic mass is 16.3. The second-order valence-electron chi connectivity index (χ2n) is 4.52. The van der Waals surface area contributed by atoms with E-state index in [1.807, 2.05) is 19.1 Å². The van der Waals surface area contributed by atoms with E-state index in [9.17, 15) is 9.90 Å². The summed E-state index contributed by atoms with van der Waals surface area (Å²) in [6, 6.07) is 8.54. The van der Waals surface area contributed by atoms with Crippen LogP contribution in [-0.4, -0.2) is 27.9 Å². The number of carbonyl (C=O) groups excluding carboxylic acids is 1. The first kappa shape index (κ1) is 13.1. The summed E-state index contributed by atoms with van der Waals surface area (Å²) < 4.78 is 0. The molecule has 98 valence electrons. The molecule has 0 bridgehead atoms. The number of aromatic nitrogens is 1. The highest BCUT2D eigenvalue weighted by Crippen LogP contribution is 2.17. The van der Waals surface area contributed by atoms with E-state index in [0.717, 1.165) is 11.1 Å². The van der Waals surface area contributed by atoms with Gasteiger partial charge < -0.3 is 10.0 Å². The van der Waals surface area contributed by atoms with Crippen LogP contribution in [0.1, 0.15) is 21.5 Å². The van der Waals surface area contributed by atoms with E-state index in [4.69, 9.17) is 0 Å². The van der Waals surface area contributed by atoms with Crippen molar-refractivity contribution in [1.29, 1.82) is 0 Å². The van der Waals surface area contributed by atoms with Crippen LogP contribution >= 0.6 is 0 Å². The van der Waals surface area contributed by atoms with Crippen LogP contribution in [0.5, 0.6) is 5.75 Å². The van der Waals surface area contributed by atoms with Crippen LogP contribution in [0.2, 0.25) is 0 Å². The van der Waals surface area contributed by atoms with E-state index in [1.54, 1.807) is 36.5 Å². The Morgan fingerprint density at radius 1 is 1.37 bits per heavy atom. The zero-order chi connectivity index (χ0) is 13.8. The minimum atomic E-state index is -0.0682. The largest absolute Gasteiger partial charge is 0.508 e. The zero-order valence-electron chi connectivity index (χ0n) is 11.0. The van der Waals surface area contributed by atoms with Crippen molar-refractivity contribution in [3.05, 3.63) is 59.4 Å². The number of aromatic hydroxyl groups is 1. The molecule has 1 N–H and O–H groups in total. The second-order valence-corrected chi connectivity index (χ2v) is 4.52. The summed E-state index contributed by atoms with van der Waals surface area (Å²) in [5, 5.41) is 9.36. The van der Waals surface area contributed by atoms with Crippen molar-refractivity contribution in [3.63, 3.8) is 0 Å². The maximum atomic E-state index is 12.3. The molecule has 0 fully saturated rings. The molecule has 0 saturated heterocycles. The molecule has 0 atom stereocenters. The molecule has 19 heavy (non-hydrogen) atoms. The molecule has 4 nitrogen and oxygen atoms in total. The molecule has 0 aliphatic carbocycles. The predicted molar refractivity (Wildman–Crippen MR) is 72.9 cm³/mol. The van der Waals surface area contributed by atoms with Gasteiger partial charge >= 0.3 is 0 Å². The van der Waals surface area contributed by atoms with Crippen LogP contribution in [0.4, 0.5) is 0 Å². The third-order valence-corrected chi connectivity index (χ3v) is 2.93. The minimum absolute atomic E-state index is 0.0682. The van der Waals surface area contributed by atoms with E-state index in [1.165, 1.54) is 6.07 Å². The number of nitrogens with zero attached hydrogens (tertiary/aromatic N) is 2. The molecule has 1 amide bonds. The van der Waals surface area contributed by atoms with Gasteiger partial charge in [-0.2, -0.15) is 0 Å². The number of phenolic OH excluding ortho intramolecular Hbond substituents is 1. The third kappa shape index (κ3) is 3.10. The first-order valence-electron chi connectivity index (χ1n) is 6.02. The highest BCUT2D eigenvalue weighted by molar-refractivity contribution is 5.95. The fourth-order valence-electron chi connectivity index (χ4n) is 1.93. The van der Waals surface area contributed by atoms with Gasteiger partial charge in [-0.15, -0.1) is 0 Å². The Morgan fingerprint density at radius 3 is 2.79 bits per heavy atom. The lowest BCUT2D eigenvalue weighted by Crippen LogP contribution is -2.26. The van der Waals surface area contributed by atoms with E-state index < -0.39 is 0 Å². The average molecular weight is 256 g/mol. The fourth-order valence-corrected chi connectivity index (χ4v) is 1.93. The Balaban J connectivity index is 2.15. The monoisotopic (exact) mass is 256 g/mol. The van der Waals surface area contributed by atoms with Crippen LogP contribution < -0.4 is 0 Å². The average Bonchev–Trinajstić information content (AvgIpc) is 2.39. The van der Waals surface area contributed by atoms with E-state index >= 15 is 0 Å². The number of hydrogen-bond acceptors (Lipinski definition) is 3. The van der Waals surface area contributed by atoms with E-state index in [0.29, 0.717) is 12.1 Å². The Kier molecular flexibility index (Phi) is 3.80. The van der Waals surface area contributed by atoms with Gasteiger partial charge in [-0.05, 0) is 42.3 Å². The predicted octanol–water partition coefficient (Wildman–Crippen LogP) is 2.37. The summed E-state index contributed by atoms with van der Waals surface area (Å²) >= 11 is 0. The van der Waals surface area contributed by atoms with Crippen molar-refractivity contribution in [1.82, 2.24) is 9.88 Å². The second kappa shape index (κ2) is 5.52. The Labute approximate surface area is 112 Å². The SMILES string of the molecule is Cc1cc(O)ccc1C(=O)N(C)Cc1cccnc1. The molecule has 0 radical (unpaired) electrons. The fraction of sp³-hybridized carbons (Fsp3) is 0.200. The third-order valence-electron chi connectivity index (χ3n) is 2.93. The van der Waals surface area contributed by atoms with Crippen LogP contribution in [0, 0.1) is 6.92 Å². The van der Waals surface area contributed by atoms with Gasteiger partial charge in [-0.3, -0.25) is 9.78 Å². The Hall–Kier alpha value is -2.36. The molecule has 2 rings (SSSR count). The van der Waals surface area contributed by atoms with Gasteiger partial charge in [0.25, 0.3) is 5.91 Å². The van der Waals surface area contributed by atoms with Crippen LogP contribution in [0.15, 0.2) is 42.7 Å². The molecule has 2 aromatic rings. The first-order valence-corrected chi connectivity index (χ1v) is 6.02. The van der Waals surface area contributed by atoms with Crippen molar-refractivity contribution >= 4 is 5.91 Å². The lowest BCUT2D eigenvalue weighted by atomic mass is 10.1. The van der Waals surface area contributed by atoms with Crippen LogP contribution in [-0.2, 0) is 6.54 Å². The summed E-state index contributed by atoms with van der Waals surface area (Å²) in [5.41, 5.74) is 2.35. The molecule has 1 aromatic carbocycles. The van der Waals surface area contributed by atoms with Crippen LogP contribution in [0.3, 0.4) is 0 Å².